The van der Waals surface area contributed by atoms with Crippen molar-refractivity contribution in [2.45, 2.75) is 29.9 Å². The van der Waals surface area contributed by atoms with Crippen LogP contribution in [0.5, 0.6) is 0 Å². The minimum Gasteiger partial charge on any atom is -0.339 e. The van der Waals surface area contributed by atoms with Crippen LogP contribution < -0.4 is 5.32 Å². The Morgan fingerprint density at radius 1 is 1.14 bits per heavy atom. The van der Waals surface area contributed by atoms with Gasteiger partial charge in [-0.2, -0.15) is 0 Å². The number of rotatable bonds is 6. The number of nitrogens with zero attached hydrogens (tertiary/aromatic N) is 3. The minimum atomic E-state index is 0.146. The van der Waals surface area contributed by atoms with Crippen LogP contribution in [0.4, 0.5) is 10.8 Å². The van der Waals surface area contributed by atoms with Crippen LogP contribution in [0, 0.1) is 6.92 Å². The second-order valence-corrected chi connectivity index (χ2v) is 9.05. The van der Waals surface area contributed by atoms with E-state index < -0.39 is 0 Å². The molecule has 0 unspecified atom stereocenters. The topological polar surface area (TPSA) is 58.1 Å². The van der Waals surface area contributed by atoms with Gasteiger partial charge in [-0.05, 0) is 55.2 Å². The summed E-state index contributed by atoms with van der Waals surface area (Å²) in [6, 6.07) is 16.1. The number of nitrogens with one attached hydrogen (secondary N) is 1. The quantitative estimate of drug-likeness (QED) is 0.572. The Bertz CT molecular complexity index is 949. The minimum absolute atomic E-state index is 0.146. The van der Waals surface area contributed by atoms with Gasteiger partial charge in [0, 0.05) is 30.1 Å². The van der Waals surface area contributed by atoms with E-state index >= 15 is 0 Å². The lowest BCUT2D eigenvalue weighted by molar-refractivity contribution is 0.0793. The summed E-state index contributed by atoms with van der Waals surface area (Å²) in [7, 11) is 0. The van der Waals surface area contributed by atoms with Gasteiger partial charge in [0.05, 0.1) is 0 Å². The van der Waals surface area contributed by atoms with Crippen LogP contribution in [0.25, 0.3) is 0 Å². The summed E-state index contributed by atoms with van der Waals surface area (Å²) in [5.74, 6) is 0.949. The third-order valence-corrected chi connectivity index (χ3v) is 6.68. The van der Waals surface area contributed by atoms with E-state index in [4.69, 9.17) is 0 Å². The lowest BCUT2D eigenvalue weighted by Crippen LogP contribution is -2.27. The smallest absolute Gasteiger partial charge is 0.253 e. The Labute approximate surface area is 173 Å². The van der Waals surface area contributed by atoms with E-state index in [1.807, 2.05) is 41.3 Å². The molecule has 0 radical (unpaired) electrons. The standard InChI is InChI=1S/C21H22N4OS2/c1-15-5-4-6-18(13-15)22-20-23-24-21(28-20)27-14-16-7-9-17(10-8-16)19(26)25-11-2-3-12-25/h4-10,13H,2-3,11-12,14H2,1H3,(H,22,23). The number of aryl methyl sites for hydroxylation is 1. The average Bonchev–Trinajstić information content (AvgIpc) is 3.39. The highest BCUT2D eigenvalue weighted by Gasteiger charge is 2.19. The summed E-state index contributed by atoms with van der Waals surface area (Å²) < 4.78 is 0.923. The molecule has 144 valence electrons. The molecule has 0 saturated carbocycles. The van der Waals surface area contributed by atoms with Crippen LogP contribution in [-0.4, -0.2) is 34.1 Å². The lowest BCUT2D eigenvalue weighted by atomic mass is 10.1. The van der Waals surface area contributed by atoms with E-state index in [0.29, 0.717) is 0 Å². The molecule has 0 bridgehead atoms. The number of hydrogen-bond donors (Lipinski definition) is 1. The molecule has 1 aliphatic heterocycles. The van der Waals surface area contributed by atoms with Crippen molar-refractivity contribution in [2.24, 2.45) is 0 Å². The second kappa shape index (κ2) is 8.75. The summed E-state index contributed by atoms with van der Waals surface area (Å²) in [6.45, 7) is 3.83. The molecule has 5 nitrogen and oxygen atoms in total. The Kier molecular flexibility index (Phi) is 5.92. The van der Waals surface area contributed by atoms with E-state index in [1.165, 1.54) is 11.1 Å². The first kappa shape index (κ1) is 19.0. The van der Waals surface area contributed by atoms with Gasteiger partial charge in [0.25, 0.3) is 5.91 Å². The number of hydrogen-bond acceptors (Lipinski definition) is 6. The molecule has 1 amide bonds. The van der Waals surface area contributed by atoms with Crippen molar-refractivity contribution in [1.82, 2.24) is 15.1 Å². The normalized spacial score (nSPS) is 13.7. The number of amides is 1. The molecule has 0 aliphatic carbocycles. The maximum absolute atomic E-state index is 12.4. The molecule has 28 heavy (non-hydrogen) atoms. The zero-order valence-corrected chi connectivity index (χ0v) is 17.4. The van der Waals surface area contributed by atoms with Crippen LogP contribution >= 0.6 is 23.1 Å². The first-order valence-electron chi connectivity index (χ1n) is 9.35. The van der Waals surface area contributed by atoms with Crippen molar-refractivity contribution < 1.29 is 4.79 Å². The fraction of sp³-hybridized carbons (Fsp3) is 0.286. The van der Waals surface area contributed by atoms with Crippen molar-refractivity contribution in [2.75, 3.05) is 18.4 Å². The summed E-state index contributed by atoms with van der Waals surface area (Å²) >= 11 is 3.20. The maximum atomic E-state index is 12.4. The van der Waals surface area contributed by atoms with E-state index in [-0.39, 0.29) is 5.91 Å². The summed E-state index contributed by atoms with van der Waals surface area (Å²) in [6.07, 6.45) is 2.23. The Morgan fingerprint density at radius 3 is 2.68 bits per heavy atom. The molecule has 1 aliphatic rings. The predicted molar refractivity (Wildman–Crippen MR) is 116 cm³/mol. The molecule has 2 heterocycles. The molecular weight excluding hydrogens is 388 g/mol. The highest BCUT2D eigenvalue weighted by molar-refractivity contribution is 8.00. The fourth-order valence-corrected chi connectivity index (χ4v) is 4.88. The molecule has 1 aromatic heterocycles. The molecule has 2 aromatic carbocycles. The number of aromatic nitrogens is 2. The van der Waals surface area contributed by atoms with Crippen molar-refractivity contribution in [3.05, 3.63) is 65.2 Å². The first-order valence-corrected chi connectivity index (χ1v) is 11.2. The third-order valence-electron chi connectivity index (χ3n) is 4.63. The van der Waals surface area contributed by atoms with Gasteiger partial charge >= 0.3 is 0 Å². The van der Waals surface area contributed by atoms with Crippen LogP contribution in [-0.2, 0) is 5.75 Å². The van der Waals surface area contributed by atoms with Gasteiger partial charge in [-0.15, -0.1) is 10.2 Å². The van der Waals surface area contributed by atoms with E-state index in [9.17, 15) is 4.79 Å². The number of carbonyl (C=O) groups excluding carboxylic acids is 1. The highest BCUT2D eigenvalue weighted by Crippen LogP contribution is 2.30. The number of carbonyl (C=O) groups is 1. The van der Waals surface area contributed by atoms with Crippen LogP contribution in [0.15, 0.2) is 52.9 Å². The molecule has 0 spiro atoms. The monoisotopic (exact) mass is 410 g/mol. The zero-order valence-electron chi connectivity index (χ0n) is 15.7. The fourth-order valence-electron chi connectivity index (χ4n) is 3.16. The summed E-state index contributed by atoms with van der Waals surface area (Å²) in [5, 5.41) is 12.6. The molecule has 3 aromatic rings. The SMILES string of the molecule is Cc1cccc(Nc2nnc(SCc3ccc(C(=O)N4CCCC4)cc3)s2)c1. The van der Waals surface area contributed by atoms with Crippen LogP contribution in [0.1, 0.15) is 34.3 Å². The van der Waals surface area contributed by atoms with Crippen molar-refractivity contribution >= 4 is 39.8 Å². The maximum Gasteiger partial charge on any atom is 0.253 e. The van der Waals surface area contributed by atoms with Crippen molar-refractivity contribution in [1.29, 1.82) is 0 Å². The lowest BCUT2D eigenvalue weighted by Gasteiger charge is -2.15. The Morgan fingerprint density at radius 2 is 1.93 bits per heavy atom. The Hall–Kier alpha value is -2.38. The summed E-state index contributed by atoms with van der Waals surface area (Å²) in [5.41, 5.74) is 4.17. The molecule has 4 rings (SSSR count). The van der Waals surface area contributed by atoms with Gasteiger partial charge < -0.3 is 10.2 Å². The first-order chi connectivity index (χ1) is 13.7. The van der Waals surface area contributed by atoms with Gasteiger partial charge in [0.15, 0.2) is 4.34 Å². The van der Waals surface area contributed by atoms with Crippen molar-refractivity contribution in [3.8, 4) is 0 Å². The van der Waals surface area contributed by atoms with Gasteiger partial charge in [0.1, 0.15) is 0 Å². The summed E-state index contributed by atoms with van der Waals surface area (Å²) in [4.78, 5) is 14.3. The molecule has 1 fully saturated rings. The highest BCUT2D eigenvalue weighted by atomic mass is 32.2. The number of likely N-dealkylation sites (tertiary alicyclic amines) is 1. The predicted octanol–water partition coefficient (Wildman–Crippen LogP) is 5.12. The molecular formula is C21H22N4OS2. The van der Waals surface area contributed by atoms with Crippen molar-refractivity contribution in [3.63, 3.8) is 0 Å². The molecule has 7 heteroatoms. The third kappa shape index (κ3) is 4.72. The largest absolute Gasteiger partial charge is 0.339 e. The number of benzene rings is 2. The van der Waals surface area contributed by atoms with Crippen LogP contribution in [0.2, 0.25) is 0 Å². The molecule has 0 atom stereocenters. The zero-order chi connectivity index (χ0) is 19.3. The van der Waals surface area contributed by atoms with Gasteiger partial charge in [0.2, 0.25) is 5.13 Å². The number of thioether (sulfide) groups is 1. The average molecular weight is 411 g/mol. The van der Waals surface area contributed by atoms with Gasteiger partial charge in [-0.3, -0.25) is 4.79 Å². The Balaban J connectivity index is 1.32. The van der Waals surface area contributed by atoms with Gasteiger partial charge in [-0.1, -0.05) is 47.4 Å². The van der Waals surface area contributed by atoms with E-state index in [0.717, 1.165) is 52.4 Å². The second-order valence-electron chi connectivity index (χ2n) is 6.85. The number of anilines is 2. The van der Waals surface area contributed by atoms with E-state index in [1.54, 1.807) is 23.1 Å². The molecule has 1 saturated heterocycles. The van der Waals surface area contributed by atoms with Crippen LogP contribution in [0.3, 0.4) is 0 Å². The van der Waals surface area contributed by atoms with E-state index in [2.05, 4.69) is 34.6 Å². The molecule has 1 N–H and O–H groups in total. The van der Waals surface area contributed by atoms with Gasteiger partial charge in [-0.25, -0.2) is 0 Å².